The van der Waals surface area contributed by atoms with Gasteiger partial charge in [-0.1, -0.05) is 37.3 Å². The SMILES string of the molecule is CCCN1CCC(NC(=NC)NCCN2CCN(Cc3ccccc3)CC2)CC1. The van der Waals surface area contributed by atoms with E-state index in [4.69, 9.17) is 0 Å². The fourth-order valence-electron chi connectivity index (χ4n) is 4.35. The minimum atomic E-state index is 0.552. The van der Waals surface area contributed by atoms with E-state index in [1.165, 1.54) is 44.5 Å². The van der Waals surface area contributed by atoms with Gasteiger partial charge in [0.2, 0.25) is 0 Å². The van der Waals surface area contributed by atoms with Crippen molar-refractivity contribution in [3.05, 3.63) is 35.9 Å². The van der Waals surface area contributed by atoms with E-state index >= 15 is 0 Å². The van der Waals surface area contributed by atoms with Crippen molar-refractivity contribution in [2.75, 3.05) is 66.0 Å². The van der Waals surface area contributed by atoms with Crippen molar-refractivity contribution in [3.63, 3.8) is 0 Å². The van der Waals surface area contributed by atoms with Crippen LogP contribution in [0.5, 0.6) is 0 Å². The van der Waals surface area contributed by atoms with Crippen LogP contribution in [0, 0.1) is 0 Å². The molecule has 2 aliphatic heterocycles. The van der Waals surface area contributed by atoms with Crippen LogP contribution >= 0.6 is 0 Å². The molecule has 162 valence electrons. The molecule has 2 aliphatic rings. The number of piperazine rings is 1. The second-order valence-electron chi connectivity index (χ2n) is 8.36. The van der Waals surface area contributed by atoms with Crippen LogP contribution in [0.2, 0.25) is 0 Å². The molecule has 0 unspecified atom stereocenters. The zero-order valence-corrected chi connectivity index (χ0v) is 18.4. The molecule has 2 fully saturated rings. The Morgan fingerprint density at radius 1 is 0.931 bits per heavy atom. The monoisotopic (exact) mass is 400 g/mol. The van der Waals surface area contributed by atoms with Gasteiger partial charge in [0.25, 0.3) is 0 Å². The maximum absolute atomic E-state index is 4.43. The molecular weight excluding hydrogens is 360 g/mol. The number of nitrogens with zero attached hydrogens (tertiary/aromatic N) is 4. The Morgan fingerprint density at radius 2 is 1.59 bits per heavy atom. The van der Waals surface area contributed by atoms with Crippen LogP contribution in [0.25, 0.3) is 0 Å². The second kappa shape index (κ2) is 12.2. The normalized spacial score (nSPS) is 20.7. The van der Waals surface area contributed by atoms with E-state index in [1.54, 1.807) is 0 Å². The van der Waals surface area contributed by atoms with Crippen LogP contribution in [0.3, 0.4) is 0 Å². The van der Waals surface area contributed by atoms with Crippen LogP contribution in [-0.2, 0) is 6.54 Å². The summed E-state index contributed by atoms with van der Waals surface area (Å²) in [6, 6.07) is 11.4. The number of hydrogen-bond donors (Lipinski definition) is 2. The fourth-order valence-corrected chi connectivity index (χ4v) is 4.35. The fraction of sp³-hybridized carbons (Fsp3) is 0.696. The van der Waals surface area contributed by atoms with E-state index in [0.717, 1.165) is 51.8 Å². The van der Waals surface area contributed by atoms with Gasteiger partial charge in [-0.3, -0.25) is 14.8 Å². The molecule has 0 atom stereocenters. The van der Waals surface area contributed by atoms with Crippen molar-refractivity contribution >= 4 is 5.96 Å². The summed E-state index contributed by atoms with van der Waals surface area (Å²) in [5.74, 6) is 0.960. The number of nitrogens with one attached hydrogen (secondary N) is 2. The zero-order valence-electron chi connectivity index (χ0n) is 18.4. The topological polar surface area (TPSA) is 46.1 Å². The summed E-state index contributed by atoms with van der Waals surface area (Å²) in [6.45, 7) is 13.6. The smallest absolute Gasteiger partial charge is 0.191 e. The molecule has 0 spiro atoms. The number of hydrogen-bond acceptors (Lipinski definition) is 4. The zero-order chi connectivity index (χ0) is 20.3. The molecule has 2 N–H and O–H groups in total. The molecule has 0 saturated carbocycles. The summed E-state index contributed by atoms with van der Waals surface area (Å²) < 4.78 is 0. The highest BCUT2D eigenvalue weighted by atomic mass is 15.3. The lowest BCUT2D eigenvalue weighted by atomic mass is 10.1. The van der Waals surface area contributed by atoms with Crippen molar-refractivity contribution < 1.29 is 0 Å². The summed E-state index contributed by atoms with van der Waals surface area (Å²) in [7, 11) is 1.88. The van der Waals surface area contributed by atoms with Gasteiger partial charge in [-0.15, -0.1) is 0 Å². The van der Waals surface area contributed by atoms with Crippen molar-refractivity contribution in [1.82, 2.24) is 25.3 Å². The lowest BCUT2D eigenvalue weighted by Crippen LogP contribution is -2.51. The molecule has 6 nitrogen and oxygen atoms in total. The first-order valence-electron chi connectivity index (χ1n) is 11.4. The molecule has 1 aromatic carbocycles. The van der Waals surface area contributed by atoms with Gasteiger partial charge in [-0.2, -0.15) is 0 Å². The van der Waals surface area contributed by atoms with Crippen LogP contribution in [0.1, 0.15) is 31.7 Å². The van der Waals surface area contributed by atoms with E-state index in [1.807, 2.05) is 7.05 Å². The van der Waals surface area contributed by atoms with Crippen molar-refractivity contribution in [1.29, 1.82) is 0 Å². The third-order valence-electron chi connectivity index (χ3n) is 6.13. The molecule has 3 rings (SSSR count). The highest BCUT2D eigenvalue weighted by Crippen LogP contribution is 2.10. The van der Waals surface area contributed by atoms with Gasteiger partial charge in [0.1, 0.15) is 0 Å². The minimum Gasteiger partial charge on any atom is -0.355 e. The Balaban J connectivity index is 1.28. The molecule has 0 bridgehead atoms. The molecule has 29 heavy (non-hydrogen) atoms. The van der Waals surface area contributed by atoms with Crippen molar-refractivity contribution in [3.8, 4) is 0 Å². The van der Waals surface area contributed by atoms with Crippen LogP contribution in [0.15, 0.2) is 35.3 Å². The Kier molecular flexibility index (Phi) is 9.25. The minimum absolute atomic E-state index is 0.552. The maximum Gasteiger partial charge on any atom is 0.191 e. The first kappa shape index (κ1) is 22.1. The number of aliphatic imine (C=N–C) groups is 1. The van der Waals surface area contributed by atoms with Gasteiger partial charge in [0.05, 0.1) is 0 Å². The predicted molar refractivity (Wildman–Crippen MR) is 122 cm³/mol. The summed E-state index contributed by atoms with van der Waals surface area (Å²) in [5, 5.41) is 7.15. The third-order valence-corrected chi connectivity index (χ3v) is 6.13. The summed E-state index contributed by atoms with van der Waals surface area (Å²) in [4.78, 5) is 12.1. The molecule has 2 heterocycles. The molecule has 0 aliphatic carbocycles. The first-order valence-corrected chi connectivity index (χ1v) is 11.4. The van der Waals surface area contributed by atoms with Crippen molar-refractivity contribution in [2.24, 2.45) is 4.99 Å². The van der Waals surface area contributed by atoms with Gasteiger partial charge in [-0.05, 0) is 31.4 Å². The standard InChI is InChI=1S/C23H40N6/c1-3-12-27-13-9-22(10-14-27)26-23(24-2)25-11-15-28-16-18-29(19-17-28)20-21-7-5-4-6-8-21/h4-8,22H,3,9-20H2,1-2H3,(H2,24,25,26). The molecular formula is C23H40N6. The van der Waals surface area contributed by atoms with E-state index in [0.29, 0.717) is 6.04 Å². The molecule has 0 radical (unpaired) electrons. The van der Waals surface area contributed by atoms with E-state index < -0.39 is 0 Å². The second-order valence-corrected chi connectivity index (χ2v) is 8.36. The number of piperidine rings is 1. The van der Waals surface area contributed by atoms with Gasteiger partial charge in [0.15, 0.2) is 5.96 Å². The number of guanidine groups is 1. The number of benzene rings is 1. The molecule has 2 saturated heterocycles. The number of rotatable bonds is 8. The Bertz CT molecular complexity index is 589. The van der Waals surface area contributed by atoms with E-state index in [2.05, 4.69) is 67.6 Å². The van der Waals surface area contributed by atoms with E-state index in [9.17, 15) is 0 Å². The molecule has 0 amide bonds. The number of likely N-dealkylation sites (tertiary alicyclic amines) is 1. The average molecular weight is 401 g/mol. The van der Waals surface area contributed by atoms with Gasteiger partial charge in [0, 0.05) is 72.0 Å². The molecule has 0 aromatic heterocycles. The van der Waals surface area contributed by atoms with Gasteiger partial charge >= 0.3 is 0 Å². The maximum atomic E-state index is 4.43. The Labute approximate surface area is 177 Å². The average Bonchev–Trinajstić information content (AvgIpc) is 2.76. The Morgan fingerprint density at radius 3 is 2.24 bits per heavy atom. The Hall–Kier alpha value is -1.63. The van der Waals surface area contributed by atoms with Gasteiger partial charge < -0.3 is 15.5 Å². The molecule has 1 aromatic rings. The van der Waals surface area contributed by atoms with Gasteiger partial charge in [-0.25, -0.2) is 0 Å². The predicted octanol–water partition coefficient (Wildman–Crippen LogP) is 1.84. The van der Waals surface area contributed by atoms with E-state index in [-0.39, 0.29) is 0 Å². The van der Waals surface area contributed by atoms with Crippen LogP contribution in [-0.4, -0.2) is 92.7 Å². The first-order chi connectivity index (χ1) is 14.3. The lowest BCUT2D eigenvalue weighted by Gasteiger charge is -2.35. The summed E-state index contributed by atoms with van der Waals surface area (Å²) >= 11 is 0. The molecule has 6 heteroatoms. The highest BCUT2D eigenvalue weighted by Gasteiger charge is 2.20. The summed E-state index contributed by atoms with van der Waals surface area (Å²) in [6.07, 6.45) is 3.68. The van der Waals surface area contributed by atoms with Crippen LogP contribution < -0.4 is 10.6 Å². The quantitative estimate of drug-likeness (QED) is 0.515. The third kappa shape index (κ3) is 7.61. The summed E-state index contributed by atoms with van der Waals surface area (Å²) in [5.41, 5.74) is 1.41. The highest BCUT2D eigenvalue weighted by molar-refractivity contribution is 5.79. The van der Waals surface area contributed by atoms with Crippen molar-refractivity contribution in [2.45, 2.75) is 38.8 Å². The lowest BCUT2D eigenvalue weighted by molar-refractivity contribution is 0.129. The largest absolute Gasteiger partial charge is 0.355 e. The van der Waals surface area contributed by atoms with Crippen LogP contribution in [0.4, 0.5) is 0 Å².